The number of nitrogens with two attached hydrogens (primary N) is 1. The lowest BCUT2D eigenvalue weighted by Gasteiger charge is -2.12. The molecule has 0 aliphatic rings. The van der Waals surface area contributed by atoms with Crippen LogP contribution >= 0.6 is 0 Å². The van der Waals surface area contributed by atoms with Crippen molar-refractivity contribution in [2.75, 3.05) is 0 Å². The van der Waals surface area contributed by atoms with Crippen LogP contribution in [0.25, 0.3) is 22.0 Å². The van der Waals surface area contributed by atoms with Crippen LogP contribution in [-0.4, -0.2) is 25.7 Å². The minimum atomic E-state index is -0.596. The standard InChI is InChI=1S/C22H19N3O3/c1-13-2-5-15(6-3-13)17-11-19(22(23)28)24-18-10-14(4-7-16(17)18)12-25-20(26)8-9-21(25)27/h2-11,26-27H,12H2,1H3,(H2,23,28). The predicted molar refractivity (Wildman–Crippen MR) is 107 cm³/mol. The van der Waals surface area contributed by atoms with E-state index in [1.54, 1.807) is 6.07 Å². The highest BCUT2D eigenvalue weighted by molar-refractivity contribution is 6.00. The van der Waals surface area contributed by atoms with Gasteiger partial charge in [-0.15, -0.1) is 0 Å². The van der Waals surface area contributed by atoms with E-state index in [1.165, 1.54) is 16.7 Å². The summed E-state index contributed by atoms with van der Waals surface area (Å²) in [4.78, 5) is 16.2. The van der Waals surface area contributed by atoms with Crippen molar-refractivity contribution in [3.63, 3.8) is 0 Å². The Balaban J connectivity index is 1.86. The number of fused-ring (bicyclic) bond motifs is 1. The quantitative estimate of drug-likeness (QED) is 0.509. The molecule has 0 unspecified atom stereocenters. The topological polar surface area (TPSA) is 101 Å². The Hall–Kier alpha value is -3.80. The van der Waals surface area contributed by atoms with Gasteiger partial charge in [0.1, 0.15) is 5.69 Å². The van der Waals surface area contributed by atoms with Gasteiger partial charge in [-0.3, -0.25) is 9.36 Å². The Bertz CT molecular complexity index is 1170. The van der Waals surface area contributed by atoms with Crippen molar-refractivity contribution in [2.45, 2.75) is 13.5 Å². The maximum atomic E-state index is 11.8. The average molecular weight is 373 g/mol. The van der Waals surface area contributed by atoms with Gasteiger partial charge in [0.05, 0.1) is 12.1 Å². The van der Waals surface area contributed by atoms with E-state index in [-0.39, 0.29) is 24.0 Å². The molecule has 28 heavy (non-hydrogen) atoms. The molecule has 4 rings (SSSR count). The number of hydrogen-bond donors (Lipinski definition) is 3. The van der Waals surface area contributed by atoms with Gasteiger partial charge in [-0.1, -0.05) is 42.0 Å². The van der Waals surface area contributed by atoms with Crippen molar-refractivity contribution in [3.05, 3.63) is 77.5 Å². The summed E-state index contributed by atoms with van der Waals surface area (Å²) in [7, 11) is 0. The number of aryl methyl sites for hydroxylation is 1. The van der Waals surface area contributed by atoms with Gasteiger partial charge >= 0.3 is 0 Å². The van der Waals surface area contributed by atoms with Crippen LogP contribution in [0, 0.1) is 6.92 Å². The Morgan fingerprint density at radius 3 is 2.32 bits per heavy atom. The summed E-state index contributed by atoms with van der Waals surface area (Å²) in [6.45, 7) is 2.28. The normalized spacial score (nSPS) is 11.0. The maximum Gasteiger partial charge on any atom is 0.267 e. The number of pyridine rings is 1. The summed E-state index contributed by atoms with van der Waals surface area (Å²) in [5.41, 5.74) is 10.1. The molecule has 2 heterocycles. The van der Waals surface area contributed by atoms with Crippen molar-refractivity contribution in [2.24, 2.45) is 5.73 Å². The van der Waals surface area contributed by atoms with E-state index in [1.807, 2.05) is 49.4 Å². The highest BCUT2D eigenvalue weighted by atomic mass is 16.3. The Labute approximate surface area is 161 Å². The molecule has 0 aliphatic carbocycles. The number of carbonyl (C=O) groups excluding carboxylic acids is 1. The smallest absolute Gasteiger partial charge is 0.267 e. The van der Waals surface area contributed by atoms with Crippen LogP contribution in [0.15, 0.2) is 60.7 Å². The number of benzene rings is 2. The first-order valence-corrected chi connectivity index (χ1v) is 8.80. The molecule has 0 spiro atoms. The van der Waals surface area contributed by atoms with E-state index >= 15 is 0 Å². The molecule has 2 aromatic carbocycles. The summed E-state index contributed by atoms with van der Waals surface area (Å²) < 4.78 is 1.37. The second-order valence-electron chi connectivity index (χ2n) is 6.77. The molecule has 0 bridgehead atoms. The highest BCUT2D eigenvalue weighted by Crippen LogP contribution is 2.30. The first kappa shape index (κ1) is 17.6. The second-order valence-corrected chi connectivity index (χ2v) is 6.77. The zero-order valence-electron chi connectivity index (χ0n) is 15.3. The molecule has 6 nitrogen and oxygen atoms in total. The minimum absolute atomic E-state index is 0.0308. The maximum absolute atomic E-state index is 11.8. The van der Waals surface area contributed by atoms with E-state index in [4.69, 9.17) is 5.73 Å². The number of carbonyl (C=O) groups is 1. The van der Waals surface area contributed by atoms with Gasteiger partial charge in [-0.2, -0.15) is 0 Å². The summed E-state index contributed by atoms with van der Waals surface area (Å²) in [5.74, 6) is -0.657. The van der Waals surface area contributed by atoms with Crippen LogP contribution in [0.4, 0.5) is 0 Å². The number of hydrogen-bond acceptors (Lipinski definition) is 4. The van der Waals surface area contributed by atoms with E-state index in [0.717, 1.165) is 27.6 Å². The molecule has 1 amide bonds. The number of primary amides is 1. The van der Waals surface area contributed by atoms with Gasteiger partial charge in [-0.25, -0.2) is 4.98 Å². The lowest BCUT2D eigenvalue weighted by molar-refractivity contribution is 0.0996. The van der Waals surface area contributed by atoms with E-state index in [9.17, 15) is 15.0 Å². The predicted octanol–water partition coefficient (Wildman–Crippen LogP) is 3.57. The number of nitrogens with zero attached hydrogens (tertiary/aromatic N) is 2. The fraction of sp³-hybridized carbons (Fsp3) is 0.0909. The number of aromatic hydroxyl groups is 2. The van der Waals surface area contributed by atoms with Crippen LogP contribution in [-0.2, 0) is 6.54 Å². The monoisotopic (exact) mass is 373 g/mol. The van der Waals surface area contributed by atoms with Gasteiger partial charge in [0, 0.05) is 17.5 Å². The van der Waals surface area contributed by atoms with Gasteiger partial charge in [0.2, 0.25) is 0 Å². The van der Waals surface area contributed by atoms with Crippen molar-refractivity contribution >= 4 is 16.8 Å². The molecule has 0 atom stereocenters. The lowest BCUT2D eigenvalue weighted by atomic mass is 9.98. The third-order valence-corrected chi connectivity index (χ3v) is 4.76. The molecule has 4 N–H and O–H groups in total. The number of amides is 1. The van der Waals surface area contributed by atoms with Crippen molar-refractivity contribution in [1.82, 2.24) is 9.55 Å². The molecule has 0 saturated heterocycles. The second kappa shape index (κ2) is 6.74. The zero-order chi connectivity index (χ0) is 19.8. The molecule has 6 heteroatoms. The molecule has 0 saturated carbocycles. The first-order valence-electron chi connectivity index (χ1n) is 8.80. The minimum Gasteiger partial charge on any atom is -0.494 e. The van der Waals surface area contributed by atoms with Gasteiger partial charge in [0.25, 0.3) is 5.91 Å². The Morgan fingerprint density at radius 2 is 1.68 bits per heavy atom. The first-order chi connectivity index (χ1) is 13.4. The van der Waals surface area contributed by atoms with Crippen LogP contribution in [0.5, 0.6) is 11.8 Å². The molecule has 0 aliphatic heterocycles. The Kier molecular flexibility index (Phi) is 4.24. The highest BCUT2D eigenvalue weighted by Gasteiger charge is 2.13. The summed E-state index contributed by atoms with van der Waals surface area (Å²) in [6, 6.07) is 18.2. The molecule has 2 aromatic heterocycles. The number of rotatable bonds is 4. The molecule has 140 valence electrons. The van der Waals surface area contributed by atoms with Gasteiger partial charge in [-0.05, 0) is 35.7 Å². The number of aromatic nitrogens is 2. The SMILES string of the molecule is Cc1ccc(-c2cc(C(N)=O)nc3cc(Cn4c(O)ccc4O)ccc23)cc1. The molecular formula is C22H19N3O3. The molecule has 0 fully saturated rings. The van der Waals surface area contributed by atoms with Crippen molar-refractivity contribution in [3.8, 4) is 22.9 Å². The third-order valence-electron chi connectivity index (χ3n) is 4.76. The van der Waals surface area contributed by atoms with E-state index < -0.39 is 5.91 Å². The van der Waals surface area contributed by atoms with Crippen LogP contribution < -0.4 is 5.73 Å². The molecular weight excluding hydrogens is 354 g/mol. The summed E-state index contributed by atoms with van der Waals surface area (Å²) >= 11 is 0. The average Bonchev–Trinajstić information content (AvgIpc) is 2.99. The van der Waals surface area contributed by atoms with Crippen molar-refractivity contribution < 1.29 is 15.0 Å². The molecule has 0 radical (unpaired) electrons. The fourth-order valence-electron chi connectivity index (χ4n) is 3.26. The van der Waals surface area contributed by atoms with Crippen LogP contribution in [0.2, 0.25) is 0 Å². The van der Waals surface area contributed by atoms with Gasteiger partial charge < -0.3 is 15.9 Å². The molecule has 4 aromatic rings. The fourth-order valence-corrected chi connectivity index (χ4v) is 3.26. The van der Waals surface area contributed by atoms with Crippen LogP contribution in [0.1, 0.15) is 21.6 Å². The van der Waals surface area contributed by atoms with Crippen molar-refractivity contribution in [1.29, 1.82) is 0 Å². The van der Waals surface area contributed by atoms with Gasteiger partial charge in [0.15, 0.2) is 11.8 Å². The summed E-state index contributed by atoms with van der Waals surface area (Å²) in [6.07, 6.45) is 0. The lowest BCUT2D eigenvalue weighted by Crippen LogP contribution is -2.13. The van der Waals surface area contributed by atoms with E-state index in [0.29, 0.717) is 5.52 Å². The van der Waals surface area contributed by atoms with Crippen LogP contribution in [0.3, 0.4) is 0 Å². The third kappa shape index (κ3) is 3.16. The summed E-state index contributed by atoms with van der Waals surface area (Å²) in [5, 5.41) is 20.6. The Morgan fingerprint density at radius 1 is 1.00 bits per heavy atom. The zero-order valence-corrected chi connectivity index (χ0v) is 15.3. The van der Waals surface area contributed by atoms with E-state index in [2.05, 4.69) is 4.98 Å². The largest absolute Gasteiger partial charge is 0.494 e.